The molecule has 5 rings (SSSR count). The van der Waals surface area contributed by atoms with Crippen LogP contribution in [0, 0.1) is 17.0 Å². The molecule has 0 bridgehead atoms. The van der Waals surface area contributed by atoms with Gasteiger partial charge in [0.25, 0.3) is 17.4 Å². The number of para-hydroxylation sites is 1. The van der Waals surface area contributed by atoms with Crippen LogP contribution in [-0.4, -0.2) is 26.7 Å². The van der Waals surface area contributed by atoms with E-state index >= 15 is 0 Å². The molecule has 174 valence electrons. The number of aliphatic hydroxyl groups excluding tert-OH is 1. The summed E-state index contributed by atoms with van der Waals surface area (Å²) in [6.45, 7) is 1.82. The van der Waals surface area contributed by atoms with Crippen molar-refractivity contribution in [2.75, 3.05) is 4.90 Å². The number of amides is 1. The van der Waals surface area contributed by atoms with Gasteiger partial charge in [0.15, 0.2) is 0 Å². The van der Waals surface area contributed by atoms with E-state index in [1.807, 2.05) is 31.2 Å². The minimum atomic E-state index is -0.980. The predicted octanol–water partition coefficient (Wildman–Crippen LogP) is 5.66. The van der Waals surface area contributed by atoms with Crippen LogP contribution in [-0.2, 0) is 9.59 Å². The molecule has 1 aliphatic heterocycles. The van der Waals surface area contributed by atoms with Crippen molar-refractivity contribution < 1.29 is 19.6 Å². The van der Waals surface area contributed by atoms with E-state index in [2.05, 4.69) is 4.98 Å². The third-order valence-corrected chi connectivity index (χ3v) is 6.35. The summed E-state index contributed by atoms with van der Waals surface area (Å²) in [7, 11) is 0. The lowest BCUT2D eigenvalue weighted by atomic mass is 9.93. The molecular formula is C26H18ClN3O5. The highest BCUT2D eigenvalue weighted by Crippen LogP contribution is 2.45. The smallest absolute Gasteiger partial charge is 0.300 e. The summed E-state index contributed by atoms with van der Waals surface area (Å²) in [6.07, 6.45) is 0. The molecule has 35 heavy (non-hydrogen) atoms. The van der Waals surface area contributed by atoms with Crippen LogP contribution in [0.25, 0.3) is 16.7 Å². The Labute approximate surface area is 204 Å². The standard InChI is InChI=1S/C26H18ClN3O5/c1-14-21(19-7-2-3-8-20(19)28-14)23-22(24(31)15-5-4-6-18(13-15)30(34)35)25(32)26(33)29(23)17-11-9-16(27)10-12-17/h2-13,23,28,31H,1H3/b24-22+. The van der Waals surface area contributed by atoms with Crippen LogP contribution in [0.1, 0.15) is 22.9 Å². The summed E-state index contributed by atoms with van der Waals surface area (Å²) in [5.41, 5.74) is 2.24. The van der Waals surface area contributed by atoms with E-state index in [-0.39, 0.29) is 16.8 Å². The van der Waals surface area contributed by atoms with Gasteiger partial charge in [-0.2, -0.15) is 0 Å². The highest BCUT2D eigenvalue weighted by molar-refractivity contribution is 6.52. The topological polar surface area (TPSA) is 117 Å². The second-order valence-corrected chi connectivity index (χ2v) is 8.60. The summed E-state index contributed by atoms with van der Waals surface area (Å²) in [4.78, 5) is 42.0. The van der Waals surface area contributed by atoms with Crippen molar-refractivity contribution in [3.63, 3.8) is 0 Å². The number of benzene rings is 3. The fourth-order valence-electron chi connectivity index (χ4n) is 4.55. The first-order valence-corrected chi connectivity index (χ1v) is 11.0. The molecule has 1 unspecified atom stereocenters. The number of halogens is 1. The van der Waals surface area contributed by atoms with Gasteiger partial charge in [-0.1, -0.05) is 41.9 Å². The molecule has 0 spiro atoms. The third-order valence-electron chi connectivity index (χ3n) is 6.10. The van der Waals surface area contributed by atoms with Crippen LogP contribution in [0.15, 0.2) is 78.4 Å². The maximum Gasteiger partial charge on any atom is 0.300 e. The molecule has 9 heteroatoms. The maximum atomic E-state index is 13.4. The Morgan fingerprint density at radius 2 is 1.77 bits per heavy atom. The van der Waals surface area contributed by atoms with Crippen molar-refractivity contribution in [3.8, 4) is 0 Å². The van der Waals surface area contributed by atoms with E-state index in [0.29, 0.717) is 22.0 Å². The van der Waals surface area contributed by atoms with Gasteiger partial charge in [-0.15, -0.1) is 0 Å². The number of nitro groups is 1. The number of nitrogens with zero attached hydrogens (tertiary/aromatic N) is 2. The zero-order chi connectivity index (χ0) is 24.9. The Hall–Kier alpha value is -4.43. The Balaban J connectivity index is 1.81. The van der Waals surface area contributed by atoms with Crippen molar-refractivity contribution in [1.29, 1.82) is 0 Å². The summed E-state index contributed by atoms with van der Waals surface area (Å²) in [6, 6.07) is 18.2. The number of hydrogen-bond donors (Lipinski definition) is 2. The minimum absolute atomic E-state index is 0.0656. The van der Waals surface area contributed by atoms with Gasteiger partial charge in [-0.05, 0) is 37.3 Å². The maximum absolute atomic E-state index is 13.4. The number of nitro benzene ring substituents is 1. The molecule has 2 N–H and O–H groups in total. The Morgan fingerprint density at radius 1 is 1.06 bits per heavy atom. The van der Waals surface area contributed by atoms with Gasteiger partial charge in [-0.25, -0.2) is 0 Å². The number of aromatic nitrogens is 1. The Morgan fingerprint density at radius 3 is 2.49 bits per heavy atom. The zero-order valence-electron chi connectivity index (χ0n) is 18.4. The number of anilines is 1. The molecule has 1 amide bonds. The molecule has 2 heterocycles. The molecule has 1 saturated heterocycles. The van der Waals surface area contributed by atoms with Gasteiger partial charge in [0.1, 0.15) is 5.76 Å². The van der Waals surface area contributed by atoms with E-state index in [1.54, 1.807) is 24.3 Å². The zero-order valence-corrected chi connectivity index (χ0v) is 19.1. The van der Waals surface area contributed by atoms with Crippen LogP contribution < -0.4 is 4.90 Å². The molecule has 3 aromatic carbocycles. The quantitative estimate of drug-likeness (QED) is 0.126. The number of Topliss-reactive ketones (excluding diaryl/α,β-unsaturated/α-hetero) is 1. The SMILES string of the molecule is Cc1[nH]c2ccccc2c1C1/C(=C(\O)c2cccc([N+](=O)[O-])c2)C(=O)C(=O)N1c1ccc(Cl)cc1. The number of ketones is 1. The van der Waals surface area contributed by atoms with Crippen molar-refractivity contribution in [2.45, 2.75) is 13.0 Å². The van der Waals surface area contributed by atoms with E-state index in [0.717, 1.165) is 10.9 Å². The first-order chi connectivity index (χ1) is 16.8. The number of carbonyl (C=O) groups is 2. The molecule has 1 aliphatic rings. The molecule has 0 radical (unpaired) electrons. The van der Waals surface area contributed by atoms with Gasteiger partial charge in [0.05, 0.1) is 16.5 Å². The van der Waals surface area contributed by atoms with Gasteiger partial charge in [0, 0.05) is 50.6 Å². The molecule has 8 nitrogen and oxygen atoms in total. The Bertz CT molecular complexity index is 1560. The van der Waals surface area contributed by atoms with E-state index in [9.17, 15) is 24.8 Å². The van der Waals surface area contributed by atoms with Crippen molar-refractivity contribution in [1.82, 2.24) is 4.98 Å². The highest BCUT2D eigenvalue weighted by atomic mass is 35.5. The average molecular weight is 488 g/mol. The lowest BCUT2D eigenvalue weighted by molar-refractivity contribution is -0.384. The molecule has 1 aromatic heterocycles. The number of nitrogens with one attached hydrogen (secondary N) is 1. The molecule has 1 fully saturated rings. The van der Waals surface area contributed by atoms with E-state index < -0.39 is 28.4 Å². The monoisotopic (exact) mass is 487 g/mol. The molecule has 0 aliphatic carbocycles. The number of non-ortho nitro benzene ring substituents is 1. The Kier molecular flexibility index (Phi) is 5.37. The predicted molar refractivity (Wildman–Crippen MR) is 132 cm³/mol. The number of aryl methyl sites for hydroxylation is 1. The summed E-state index contributed by atoms with van der Waals surface area (Å²) in [5, 5.41) is 23.8. The van der Waals surface area contributed by atoms with Crippen LogP contribution in [0.2, 0.25) is 5.02 Å². The number of aromatic amines is 1. The van der Waals surface area contributed by atoms with Crippen LogP contribution in [0.3, 0.4) is 0 Å². The first-order valence-electron chi connectivity index (χ1n) is 10.7. The molecule has 4 aromatic rings. The van der Waals surface area contributed by atoms with Gasteiger partial charge in [-0.3, -0.25) is 24.6 Å². The second-order valence-electron chi connectivity index (χ2n) is 8.16. The normalized spacial score (nSPS) is 17.3. The summed E-state index contributed by atoms with van der Waals surface area (Å²) in [5.74, 6) is -2.20. The van der Waals surface area contributed by atoms with Crippen LogP contribution >= 0.6 is 11.6 Å². The van der Waals surface area contributed by atoms with E-state index in [4.69, 9.17) is 11.6 Å². The molecular weight excluding hydrogens is 470 g/mol. The van der Waals surface area contributed by atoms with Crippen LogP contribution in [0.5, 0.6) is 0 Å². The van der Waals surface area contributed by atoms with Gasteiger partial charge < -0.3 is 10.1 Å². The minimum Gasteiger partial charge on any atom is -0.507 e. The van der Waals surface area contributed by atoms with Crippen molar-refractivity contribution >= 4 is 51.3 Å². The van der Waals surface area contributed by atoms with Crippen molar-refractivity contribution in [2.24, 2.45) is 0 Å². The average Bonchev–Trinajstić information content (AvgIpc) is 3.31. The lowest BCUT2D eigenvalue weighted by Crippen LogP contribution is -2.29. The fraction of sp³-hybridized carbons (Fsp3) is 0.0769. The van der Waals surface area contributed by atoms with E-state index in [1.165, 1.54) is 29.2 Å². The number of hydrogen-bond acceptors (Lipinski definition) is 5. The second kappa shape index (κ2) is 8.41. The largest absolute Gasteiger partial charge is 0.507 e. The first kappa shape index (κ1) is 22.4. The number of fused-ring (bicyclic) bond motifs is 1. The number of H-pyrrole nitrogens is 1. The lowest BCUT2D eigenvalue weighted by Gasteiger charge is -2.26. The van der Waals surface area contributed by atoms with Crippen molar-refractivity contribution in [3.05, 3.63) is 110 Å². The highest BCUT2D eigenvalue weighted by Gasteiger charge is 2.48. The van der Waals surface area contributed by atoms with Gasteiger partial charge in [0.2, 0.25) is 0 Å². The van der Waals surface area contributed by atoms with Crippen LogP contribution in [0.4, 0.5) is 11.4 Å². The molecule has 0 saturated carbocycles. The summed E-state index contributed by atoms with van der Waals surface area (Å²) >= 11 is 6.04. The molecule has 1 atom stereocenters. The third kappa shape index (κ3) is 3.64. The number of rotatable bonds is 4. The summed E-state index contributed by atoms with van der Waals surface area (Å²) < 4.78 is 0. The number of aliphatic hydroxyl groups is 1. The fourth-order valence-corrected chi connectivity index (χ4v) is 4.67. The van der Waals surface area contributed by atoms with Gasteiger partial charge >= 0.3 is 0 Å². The number of carbonyl (C=O) groups excluding carboxylic acids is 2.